The number of alkyl halides is 3. The molecule has 150 valence electrons. The molecule has 3 aromatic rings. The van der Waals surface area contributed by atoms with E-state index < -0.39 is 17.6 Å². The zero-order chi connectivity index (χ0) is 21.0. The monoisotopic (exact) mass is 403 g/mol. The Labute approximate surface area is 163 Å². The molecular weight excluding hydrogens is 387 g/mol. The van der Waals surface area contributed by atoms with Crippen molar-refractivity contribution >= 4 is 17.7 Å². The SMILES string of the molecule is COc1ccc(NC(=O)/C=C/c2cccc(C(F)(F)F)c2)cc1-n1nnnc1C. The van der Waals surface area contributed by atoms with Crippen LogP contribution in [0.2, 0.25) is 0 Å². The highest BCUT2D eigenvalue weighted by molar-refractivity contribution is 6.02. The number of carbonyl (C=O) groups is 1. The summed E-state index contributed by atoms with van der Waals surface area (Å²) < 4.78 is 45.1. The van der Waals surface area contributed by atoms with Gasteiger partial charge in [-0.05, 0) is 59.3 Å². The predicted octanol–water partition coefficient (Wildman–Crippen LogP) is 3.65. The standard InChI is InChI=1S/C19H16F3N5O2/c1-12-24-25-26-27(12)16-11-15(7-8-17(16)29-2)23-18(28)9-6-13-4-3-5-14(10-13)19(20,21)22/h3-11H,1-2H3,(H,23,28)/b9-6+. The molecule has 0 aliphatic carbocycles. The van der Waals surface area contributed by atoms with E-state index >= 15 is 0 Å². The summed E-state index contributed by atoms with van der Waals surface area (Å²) in [4.78, 5) is 12.2. The Kier molecular flexibility index (Phi) is 5.62. The minimum absolute atomic E-state index is 0.259. The molecule has 3 rings (SSSR count). The molecule has 1 amide bonds. The molecule has 0 spiro atoms. The van der Waals surface area contributed by atoms with Gasteiger partial charge in [0, 0.05) is 11.8 Å². The van der Waals surface area contributed by atoms with E-state index in [1.54, 1.807) is 25.1 Å². The number of anilines is 1. The van der Waals surface area contributed by atoms with E-state index in [0.29, 0.717) is 22.9 Å². The summed E-state index contributed by atoms with van der Waals surface area (Å²) in [5, 5.41) is 13.9. The highest BCUT2D eigenvalue weighted by atomic mass is 19.4. The third kappa shape index (κ3) is 4.78. The molecule has 0 fully saturated rings. The van der Waals surface area contributed by atoms with Crippen molar-refractivity contribution in [3.05, 3.63) is 65.5 Å². The maximum absolute atomic E-state index is 12.8. The lowest BCUT2D eigenvalue weighted by molar-refractivity contribution is -0.137. The Morgan fingerprint density at radius 1 is 1.21 bits per heavy atom. The van der Waals surface area contributed by atoms with Gasteiger partial charge in [0.05, 0.1) is 12.7 Å². The fourth-order valence-electron chi connectivity index (χ4n) is 2.56. The molecule has 7 nitrogen and oxygen atoms in total. The summed E-state index contributed by atoms with van der Waals surface area (Å²) in [7, 11) is 1.49. The fourth-order valence-corrected chi connectivity index (χ4v) is 2.56. The number of hydrogen-bond donors (Lipinski definition) is 1. The van der Waals surface area contributed by atoms with Crippen molar-refractivity contribution in [3.63, 3.8) is 0 Å². The van der Waals surface area contributed by atoms with E-state index in [2.05, 4.69) is 20.8 Å². The molecular formula is C19H16F3N5O2. The van der Waals surface area contributed by atoms with Crippen molar-refractivity contribution < 1.29 is 22.7 Å². The van der Waals surface area contributed by atoms with Crippen molar-refractivity contribution in [1.82, 2.24) is 20.2 Å². The molecule has 0 radical (unpaired) electrons. The summed E-state index contributed by atoms with van der Waals surface area (Å²) in [5.74, 6) is 0.515. The first-order valence-corrected chi connectivity index (χ1v) is 8.37. The van der Waals surface area contributed by atoms with Crippen LogP contribution in [0.4, 0.5) is 18.9 Å². The summed E-state index contributed by atoms with van der Waals surface area (Å²) >= 11 is 0. The largest absolute Gasteiger partial charge is 0.494 e. The Bertz CT molecular complexity index is 1060. The quantitative estimate of drug-likeness (QED) is 0.658. The van der Waals surface area contributed by atoms with Crippen LogP contribution in [0.3, 0.4) is 0 Å². The van der Waals surface area contributed by atoms with Crippen LogP contribution in [-0.4, -0.2) is 33.2 Å². The van der Waals surface area contributed by atoms with Crippen LogP contribution in [0.25, 0.3) is 11.8 Å². The third-order valence-corrected chi connectivity index (χ3v) is 3.94. The number of amides is 1. The van der Waals surface area contributed by atoms with E-state index in [0.717, 1.165) is 18.2 Å². The lowest BCUT2D eigenvalue weighted by Gasteiger charge is -2.11. The molecule has 0 unspecified atom stereocenters. The molecule has 0 saturated heterocycles. The molecule has 0 aliphatic heterocycles. The molecule has 10 heteroatoms. The van der Waals surface area contributed by atoms with Crippen LogP contribution in [0, 0.1) is 6.92 Å². The molecule has 0 bridgehead atoms. The van der Waals surface area contributed by atoms with Crippen molar-refractivity contribution in [3.8, 4) is 11.4 Å². The van der Waals surface area contributed by atoms with Gasteiger partial charge in [0.1, 0.15) is 11.4 Å². The van der Waals surface area contributed by atoms with E-state index in [1.807, 2.05) is 0 Å². The van der Waals surface area contributed by atoms with Crippen LogP contribution in [-0.2, 0) is 11.0 Å². The topological polar surface area (TPSA) is 81.9 Å². The summed E-state index contributed by atoms with van der Waals surface area (Å²) in [6, 6.07) is 9.58. The van der Waals surface area contributed by atoms with Crippen LogP contribution in [0.15, 0.2) is 48.5 Å². The number of aromatic nitrogens is 4. The van der Waals surface area contributed by atoms with E-state index in [1.165, 1.54) is 30.0 Å². The number of ether oxygens (including phenoxy) is 1. The molecule has 0 aliphatic rings. The second kappa shape index (κ2) is 8.13. The lowest BCUT2D eigenvalue weighted by atomic mass is 10.1. The highest BCUT2D eigenvalue weighted by Crippen LogP contribution is 2.30. The van der Waals surface area contributed by atoms with E-state index in [4.69, 9.17) is 4.74 Å². The normalized spacial score (nSPS) is 11.6. The van der Waals surface area contributed by atoms with Crippen molar-refractivity contribution in [2.75, 3.05) is 12.4 Å². The van der Waals surface area contributed by atoms with Gasteiger partial charge >= 0.3 is 6.18 Å². The van der Waals surface area contributed by atoms with Gasteiger partial charge in [-0.15, -0.1) is 5.10 Å². The minimum Gasteiger partial charge on any atom is -0.494 e. The predicted molar refractivity (Wildman–Crippen MR) is 99.6 cm³/mol. The average Bonchev–Trinajstić information content (AvgIpc) is 3.11. The van der Waals surface area contributed by atoms with Gasteiger partial charge in [-0.25, -0.2) is 0 Å². The number of hydrogen-bond acceptors (Lipinski definition) is 5. The molecule has 0 saturated carbocycles. The maximum atomic E-state index is 12.8. The second-order valence-electron chi connectivity index (χ2n) is 5.97. The summed E-state index contributed by atoms with van der Waals surface area (Å²) in [6.45, 7) is 1.71. The lowest BCUT2D eigenvalue weighted by Crippen LogP contribution is -2.09. The van der Waals surface area contributed by atoms with Crippen LogP contribution < -0.4 is 10.1 Å². The number of tetrazole rings is 1. The number of benzene rings is 2. The van der Waals surface area contributed by atoms with Gasteiger partial charge in [0.25, 0.3) is 0 Å². The van der Waals surface area contributed by atoms with Gasteiger partial charge in [0.15, 0.2) is 5.82 Å². The Morgan fingerprint density at radius 2 is 2.00 bits per heavy atom. The first-order valence-electron chi connectivity index (χ1n) is 8.37. The van der Waals surface area contributed by atoms with Gasteiger partial charge < -0.3 is 10.1 Å². The smallest absolute Gasteiger partial charge is 0.416 e. The summed E-state index contributed by atoms with van der Waals surface area (Å²) in [5.41, 5.74) is 0.440. The van der Waals surface area contributed by atoms with E-state index in [-0.39, 0.29) is 5.56 Å². The van der Waals surface area contributed by atoms with Gasteiger partial charge in [-0.1, -0.05) is 12.1 Å². The number of rotatable bonds is 5. The summed E-state index contributed by atoms with van der Waals surface area (Å²) in [6.07, 6.45) is -1.98. The molecule has 1 N–H and O–H groups in total. The first kappa shape index (κ1) is 20.1. The van der Waals surface area contributed by atoms with E-state index in [9.17, 15) is 18.0 Å². The van der Waals surface area contributed by atoms with Crippen molar-refractivity contribution in [2.45, 2.75) is 13.1 Å². The van der Waals surface area contributed by atoms with Crippen molar-refractivity contribution in [1.29, 1.82) is 0 Å². The van der Waals surface area contributed by atoms with Crippen LogP contribution in [0.5, 0.6) is 5.75 Å². The molecule has 0 atom stereocenters. The van der Waals surface area contributed by atoms with Crippen LogP contribution in [0.1, 0.15) is 17.0 Å². The fraction of sp³-hybridized carbons (Fsp3) is 0.158. The number of nitrogens with zero attached hydrogens (tertiary/aromatic N) is 4. The number of nitrogens with one attached hydrogen (secondary N) is 1. The Hall–Kier alpha value is -3.69. The Morgan fingerprint density at radius 3 is 2.66 bits per heavy atom. The molecule has 1 heterocycles. The van der Waals surface area contributed by atoms with Gasteiger partial charge in [-0.3, -0.25) is 4.79 Å². The maximum Gasteiger partial charge on any atom is 0.416 e. The number of carbonyl (C=O) groups excluding carboxylic acids is 1. The average molecular weight is 403 g/mol. The number of halogens is 3. The van der Waals surface area contributed by atoms with Gasteiger partial charge in [0.2, 0.25) is 5.91 Å². The molecule has 29 heavy (non-hydrogen) atoms. The third-order valence-electron chi connectivity index (χ3n) is 3.94. The molecule has 1 aromatic heterocycles. The number of methoxy groups -OCH3 is 1. The number of aryl methyl sites for hydroxylation is 1. The second-order valence-corrected chi connectivity index (χ2v) is 5.97. The van der Waals surface area contributed by atoms with Crippen LogP contribution >= 0.6 is 0 Å². The first-order chi connectivity index (χ1) is 13.8. The zero-order valence-electron chi connectivity index (χ0n) is 15.4. The van der Waals surface area contributed by atoms with Gasteiger partial charge in [-0.2, -0.15) is 17.9 Å². The highest BCUT2D eigenvalue weighted by Gasteiger charge is 2.30. The minimum atomic E-state index is -4.44. The molecule has 2 aromatic carbocycles. The Balaban J connectivity index is 1.78. The van der Waals surface area contributed by atoms with Crippen molar-refractivity contribution in [2.24, 2.45) is 0 Å². The zero-order valence-corrected chi connectivity index (χ0v) is 15.4.